The maximum atomic E-state index is 8.70. The number of nitrogens with two attached hydrogens (primary N) is 1. The summed E-state index contributed by atoms with van der Waals surface area (Å²) in [5.74, 6) is -2.43. The van der Waals surface area contributed by atoms with Gasteiger partial charge in [-0.2, -0.15) is 0 Å². The Morgan fingerprint density at radius 1 is 1.78 bits per heavy atom. The first-order chi connectivity index (χ1) is 3.98. The minimum Gasteiger partial charge on any atom is -0.353 e. The first-order valence-electron chi connectivity index (χ1n) is 2.83. The molecule has 3 heteroatoms. The zero-order chi connectivity index (χ0) is 7.49. The zero-order valence-corrected chi connectivity index (χ0v) is 5.54. The summed E-state index contributed by atoms with van der Waals surface area (Å²) in [4.78, 5) is 0. The standard InChI is InChI=1S/C6H13NO2/c1-3-4-5(2)6(7,8)9/h3,5,8-9H,1,4,7H2,2H3. The minimum atomic E-state index is -2.06. The van der Waals surface area contributed by atoms with E-state index >= 15 is 0 Å². The van der Waals surface area contributed by atoms with Crippen molar-refractivity contribution in [2.75, 3.05) is 0 Å². The van der Waals surface area contributed by atoms with Crippen molar-refractivity contribution in [3.05, 3.63) is 12.7 Å². The molecule has 0 bridgehead atoms. The Morgan fingerprint density at radius 3 is 2.33 bits per heavy atom. The molecule has 0 rings (SSSR count). The molecule has 0 spiro atoms. The summed E-state index contributed by atoms with van der Waals surface area (Å²) in [6, 6.07) is 0. The van der Waals surface area contributed by atoms with Crippen molar-refractivity contribution < 1.29 is 10.2 Å². The van der Waals surface area contributed by atoms with Gasteiger partial charge in [-0.05, 0) is 6.42 Å². The van der Waals surface area contributed by atoms with Crippen LogP contribution in [0.2, 0.25) is 0 Å². The lowest BCUT2D eigenvalue weighted by Gasteiger charge is -2.21. The molecule has 0 aliphatic carbocycles. The van der Waals surface area contributed by atoms with Crippen LogP contribution in [0.1, 0.15) is 13.3 Å². The summed E-state index contributed by atoms with van der Waals surface area (Å²) in [5, 5.41) is 17.4. The highest BCUT2D eigenvalue weighted by molar-refractivity contribution is 4.75. The van der Waals surface area contributed by atoms with Crippen molar-refractivity contribution >= 4 is 0 Å². The maximum absolute atomic E-state index is 8.70. The Morgan fingerprint density at radius 2 is 2.22 bits per heavy atom. The Kier molecular flexibility index (Phi) is 2.84. The van der Waals surface area contributed by atoms with Gasteiger partial charge in [0, 0.05) is 5.92 Å². The molecule has 0 saturated heterocycles. The van der Waals surface area contributed by atoms with Crippen LogP contribution in [-0.2, 0) is 0 Å². The van der Waals surface area contributed by atoms with Crippen LogP contribution in [0.15, 0.2) is 12.7 Å². The summed E-state index contributed by atoms with van der Waals surface area (Å²) in [7, 11) is 0. The molecule has 0 aliphatic heterocycles. The topological polar surface area (TPSA) is 66.5 Å². The third-order valence-corrected chi connectivity index (χ3v) is 1.25. The predicted octanol–water partition coefficient (Wildman–Crippen LogP) is -0.204. The van der Waals surface area contributed by atoms with Gasteiger partial charge in [0.15, 0.2) is 0 Å². The van der Waals surface area contributed by atoms with Crippen molar-refractivity contribution in [1.29, 1.82) is 0 Å². The van der Waals surface area contributed by atoms with Crippen molar-refractivity contribution in [2.45, 2.75) is 19.3 Å². The van der Waals surface area contributed by atoms with Crippen LogP contribution < -0.4 is 5.73 Å². The van der Waals surface area contributed by atoms with Crippen LogP contribution in [0.25, 0.3) is 0 Å². The predicted molar refractivity (Wildman–Crippen MR) is 35.3 cm³/mol. The van der Waals surface area contributed by atoms with Crippen LogP contribution in [0, 0.1) is 5.92 Å². The average molecular weight is 131 g/mol. The molecule has 0 fully saturated rings. The molecule has 4 N–H and O–H groups in total. The second kappa shape index (κ2) is 2.96. The first kappa shape index (κ1) is 8.62. The first-order valence-corrected chi connectivity index (χ1v) is 2.83. The minimum absolute atomic E-state index is 0.366. The number of hydrogen-bond donors (Lipinski definition) is 3. The highest BCUT2D eigenvalue weighted by Crippen LogP contribution is 2.11. The van der Waals surface area contributed by atoms with Gasteiger partial charge in [-0.3, -0.25) is 5.73 Å². The summed E-state index contributed by atoms with van der Waals surface area (Å²) >= 11 is 0. The Balaban J connectivity index is 3.72. The molecular formula is C6H13NO2. The number of hydrogen-bond acceptors (Lipinski definition) is 3. The molecule has 0 aromatic carbocycles. The van der Waals surface area contributed by atoms with E-state index in [1.807, 2.05) is 0 Å². The van der Waals surface area contributed by atoms with Crippen molar-refractivity contribution in [2.24, 2.45) is 11.7 Å². The molecule has 3 nitrogen and oxygen atoms in total. The van der Waals surface area contributed by atoms with Gasteiger partial charge in [-0.15, -0.1) is 6.58 Å². The van der Waals surface area contributed by atoms with Crippen LogP contribution in [0.4, 0.5) is 0 Å². The van der Waals surface area contributed by atoms with Gasteiger partial charge in [0.2, 0.25) is 5.91 Å². The molecule has 0 aromatic heterocycles. The SMILES string of the molecule is C=CCC(C)C(N)(O)O. The summed E-state index contributed by atoms with van der Waals surface area (Å²) < 4.78 is 0. The highest BCUT2D eigenvalue weighted by atomic mass is 16.5. The monoisotopic (exact) mass is 131 g/mol. The second-order valence-electron chi connectivity index (χ2n) is 2.21. The largest absolute Gasteiger partial charge is 0.353 e. The van der Waals surface area contributed by atoms with Crippen LogP contribution in [0.3, 0.4) is 0 Å². The molecular weight excluding hydrogens is 118 g/mol. The lowest BCUT2D eigenvalue weighted by Crippen LogP contribution is -2.45. The maximum Gasteiger partial charge on any atom is 0.222 e. The van der Waals surface area contributed by atoms with Gasteiger partial charge >= 0.3 is 0 Å². The molecule has 54 valence electrons. The van der Waals surface area contributed by atoms with Crippen molar-refractivity contribution in [3.63, 3.8) is 0 Å². The van der Waals surface area contributed by atoms with Crippen molar-refractivity contribution in [1.82, 2.24) is 0 Å². The molecule has 0 saturated carbocycles. The summed E-state index contributed by atoms with van der Waals surface area (Å²) in [6.45, 7) is 5.08. The highest BCUT2D eigenvalue weighted by Gasteiger charge is 2.23. The summed E-state index contributed by atoms with van der Waals surface area (Å²) in [5.41, 5.74) is 4.93. The molecule has 0 radical (unpaired) electrons. The number of allylic oxidation sites excluding steroid dienone is 1. The van der Waals surface area contributed by atoms with E-state index in [1.165, 1.54) is 0 Å². The quantitative estimate of drug-likeness (QED) is 0.367. The zero-order valence-electron chi connectivity index (χ0n) is 5.54. The normalized spacial score (nSPS) is 15.1. The van der Waals surface area contributed by atoms with E-state index in [4.69, 9.17) is 15.9 Å². The molecule has 1 atom stereocenters. The van der Waals surface area contributed by atoms with Crippen LogP contribution in [0.5, 0.6) is 0 Å². The molecule has 0 aliphatic rings. The molecule has 0 aromatic rings. The van der Waals surface area contributed by atoms with E-state index < -0.39 is 5.91 Å². The number of aliphatic hydroxyl groups is 2. The van der Waals surface area contributed by atoms with Gasteiger partial charge in [0.05, 0.1) is 0 Å². The Bertz CT molecular complexity index is 95.7. The van der Waals surface area contributed by atoms with Crippen LogP contribution in [-0.4, -0.2) is 16.1 Å². The smallest absolute Gasteiger partial charge is 0.222 e. The van der Waals surface area contributed by atoms with E-state index in [-0.39, 0.29) is 5.92 Å². The Labute approximate surface area is 54.8 Å². The fraction of sp³-hybridized carbons (Fsp3) is 0.667. The van der Waals surface area contributed by atoms with Gasteiger partial charge < -0.3 is 10.2 Å². The molecule has 0 amide bonds. The third kappa shape index (κ3) is 3.24. The lowest BCUT2D eigenvalue weighted by atomic mass is 10.0. The molecule has 1 unspecified atom stereocenters. The van der Waals surface area contributed by atoms with E-state index in [0.29, 0.717) is 6.42 Å². The van der Waals surface area contributed by atoms with Gasteiger partial charge in [-0.1, -0.05) is 13.0 Å². The average Bonchev–Trinajstić information content (AvgIpc) is 1.64. The van der Waals surface area contributed by atoms with E-state index in [9.17, 15) is 0 Å². The van der Waals surface area contributed by atoms with E-state index in [1.54, 1.807) is 13.0 Å². The second-order valence-corrected chi connectivity index (χ2v) is 2.21. The fourth-order valence-electron chi connectivity index (χ4n) is 0.423. The Hall–Kier alpha value is -0.380. The van der Waals surface area contributed by atoms with Crippen LogP contribution >= 0.6 is 0 Å². The van der Waals surface area contributed by atoms with Gasteiger partial charge in [-0.25, -0.2) is 0 Å². The molecule has 0 heterocycles. The molecule has 9 heavy (non-hydrogen) atoms. The number of rotatable bonds is 3. The lowest BCUT2D eigenvalue weighted by molar-refractivity contribution is -0.190. The van der Waals surface area contributed by atoms with E-state index in [2.05, 4.69) is 6.58 Å². The van der Waals surface area contributed by atoms with Crippen molar-refractivity contribution in [3.8, 4) is 0 Å². The summed E-state index contributed by atoms with van der Waals surface area (Å²) in [6.07, 6.45) is 2.10. The third-order valence-electron chi connectivity index (χ3n) is 1.25. The fourth-order valence-corrected chi connectivity index (χ4v) is 0.423. The van der Waals surface area contributed by atoms with Gasteiger partial charge in [0.1, 0.15) is 0 Å². The van der Waals surface area contributed by atoms with Gasteiger partial charge in [0.25, 0.3) is 0 Å². The van der Waals surface area contributed by atoms with E-state index in [0.717, 1.165) is 0 Å².